The highest BCUT2D eigenvalue weighted by Crippen LogP contribution is 2.25. The number of nitrogens with two attached hydrogens (primary N) is 1. The van der Waals surface area contributed by atoms with Crippen molar-refractivity contribution >= 4 is 22.4 Å². The van der Waals surface area contributed by atoms with Crippen LogP contribution in [-0.4, -0.2) is 23.7 Å². The van der Waals surface area contributed by atoms with E-state index in [1.165, 1.54) is 11.3 Å². The smallest absolute Gasteiger partial charge is 0.347 e. The molecule has 0 aliphatic heterocycles. The summed E-state index contributed by atoms with van der Waals surface area (Å²) in [7, 11) is 0. The Morgan fingerprint density at radius 2 is 2.09 bits per heavy atom. The Morgan fingerprint density at radius 3 is 2.68 bits per heavy atom. The summed E-state index contributed by atoms with van der Waals surface area (Å²) in [6, 6.07) is 7.39. The number of unbranched alkanes of at least 4 members (excludes halogenated alkanes) is 1. The summed E-state index contributed by atoms with van der Waals surface area (Å²) in [6.07, 6.45) is 1.23. The predicted molar refractivity (Wildman–Crippen MR) is 87.9 cm³/mol. The van der Waals surface area contributed by atoms with Crippen LogP contribution in [0.25, 0.3) is 11.3 Å². The molecule has 2 aromatic rings. The molecule has 118 valence electrons. The van der Waals surface area contributed by atoms with Gasteiger partial charge < -0.3 is 15.2 Å². The third kappa shape index (κ3) is 4.46. The Bertz CT molecular complexity index is 610. The minimum atomic E-state index is -0.627. The lowest BCUT2D eigenvalue weighted by atomic mass is 10.2. The van der Waals surface area contributed by atoms with Crippen LogP contribution in [0.2, 0.25) is 0 Å². The molecule has 2 rings (SSSR count). The molecule has 1 atom stereocenters. The predicted octanol–water partition coefficient (Wildman–Crippen LogP) is 3.50. The van der Waals surface area contributed by atoms with Crippen molar-refractivity contribution in [2.45, 2.75) is 32.8 Å². The molecule has 1 aromatic heterocycles. The summed E-state index contributed by atoms with van der Waals surface area (Å²) < 4.78 is 10.7. The summed E-state index contributed by atoms with van der Waals surface area (Å²) >= 11 is 1.40. The normalized spacial score (nSPS) is 11.9. The number of thiazole rings is 1. The van der Waals surface area contributed by atoms with Gasteiger partial charge in [-0.15, -0.1) is 11.3 Å². The van der Waals surface area contributed by atoms with Gasteiger partial charge in [-0.05, 0) is 37.6 Å². The Balaban J connectivity index is 1.92. The number of ether oxygens (including phenoxy) is 2. The Morgan fingerprint density at radius 1 is 1.36 bits per heavy atom. The number of anilines is 1. The van der Waals surface area contributed by atoms with Crippen molar-refractivity contribution in [3.8, 4) is 17.0 Å². The first kappa shape index (κ1) is 16.3. The molecule has 0 aliphatic rings. The Labute approximate surface area is 134 Å². The first-order valence-corrected chi connectivity index (χ1v) is 8.13. The lowest BCUT2D eigenvalue weighted by Gasteiger charge is -2.14. The quantitative estimate of drug-likeness (QED) is 0.624. The van der Waals surface area contributed by atoms with Gasteiger partial charge in [0.2, 0.25) is 0 Å². The number of carbonyl (C=O) groups is 1. The van der Waals surface area contributed by atoms with E-state index in [1.54, 1.807) is 19.1 Å². The maximum Gasteiger partial charge on any atom is 0.347 e. The van der Waals surface area contributed by atoms with Crippen molar-refractivity contribution < 1.29 is 14.3 Å². The molecule has 0 spiro atoms. The molecule has 0 fully saturated rings. The first-order chi connectivity index (χ1) is 10.6. The second-order valence-electron chi connectivity index (χ2n) is 4.88. The van der Waals surface area contributed by atoms with Crippen LogP contribution >= 0.6 is 11.3 Å². The molecule has 0 radical (unpaired) electrons. The van der Waals surface area contributed by atoms with E-state index in [4.69, 9.17) is 15.2 Å². The molecule has 6 heteroatoms. The van der Waals surface area contributed by atoms with Gasteiger partial charge in [0.1, 0.15) is 5.75 Å². The molecule has 5 nitrogen and oxygen atoms in total. The van der Waals surface area contributed by atoms with Gasteiger partial charge in [0.25, 0.3) is 0 Å². The van der Waals surface area contributed by atoms with Crippen molar-refractivity contribution in [1.82, 2.24) is 4.98 Å². The number of carbonyl (C=O) groups excluding carboxylic acids is 1. The molecule has 0 amide bonds. The van der Waals surface area contributed by atoms with Crippen LogP contribution < -0.4 is 10.5 Å². The van der Waals surface area contributed by atoms with Crippen molar-refractivity contribution in [2.75, 3.05) is 12.3 Å². The Hall–Kier alpha value is -2.08. The van der Waals surface area contributed by atoms with Gasteiger partial charge in [-0.2, -0.15) is 0 Å². The van der Waals surface area contributed by atoms with Gasteiger partial charge in [-0.1, -0.05) is 13.3 Å². The van der Waals surface area contributed by atoms with Gasteiger partial charge in [-0.3, -0.25) is 0 Å². The fraction of sp³-hybridized carbons (Fsp3) is 0.375. The lowest BCUT2D eigenvalue weighted by Crippen LogP contribution is -2.26. The molecule has 0 bridgehead atoms. The fourth-order valence-electron chi connectivity index (χ4n) is 1.81. The highest BCUT2D eigenvalue weighted by molar-refractivity contribution is 7.13. The summed E-state index contributed by atoms with van der Waals surface area (Å²) in [5.74, 6) is 0.275. The Kier molecular flexibility index (Phi) is 5.77. The van der Waals surface area contributed by atoms with E-state index in [-0.39, 0.29) is 5.97 Å². The van der Waals surface area contributed by atoms with Crippen molar-refractivity contribution in [3.63, 3.8) is 0 Å². The van der Waals surface area contributed by atoms with Gasteiger partial charge in [0, 0.05) is 10.9 Å². The number of esters is 1. The zero-order chi connectivity index (χ0) is 15.9. The second kappa shape index (κ2) is 7.79. The third-order valence-electron chi connectivity index (χ3n) is 3.06. The summed E-state index contributed by atoms with van der Waals surface area (Å²) in [5.41, 5.74) is 7.42. The van der Waals surface area contributed by atoms with Crippen LogP contribution in [0.15, 0.2) is 29.6 Å². The molecular weight excluding hydrogens is 300 g/mol. The van der Waals surface area contributed by atoms with Crippen LogP contribution in [0.3, 0.4) is 0 Å². The number of benzene rings is 1. The number of hydrogen-bond donors (Lipinski definition) is 1. The number of rotatable bonds is 7. The molecule has 0 aliphatic carbocycles. The SMILES string of the molecule is CCCCOC(=O)C(C)Oc1ccc(-c2csc(N)n2)cc1. The summed E-state index contributed by atoms with van der Waals surface area (Å²) in [4.78, 5) is 16.0. The van der Waals surface area contributed by atoms with E-state index in [0.29, 0.717) is 17.5 Å². The first-order valence-electron chi connectivity index (χ1n) is 7.25. The largest absolute Gasteiger partial charge is 0.479 e. The lowest BCUT2D eigenvalue weighted by molar-refractivity contribution is -0.151. The fourth-order valence-corrected chi connectivity index (χ4v) is 2.38. The van der Waals surface area contributed by atoms with E-state index in [1.807, 2.05) is 24.4 Å². The molecule has 0 saturated heterocycles. The average molecular weight is 320 g/mol. The van der Waals surface area contributed by atoms with Crippen LogP contribution in [0.5, 0.6) is 5.75 Å². The zero-order valence-electron chi connectivity index (χ0n) is 12.7. The molecule has 22 heavy (non-hydrogen) atoms. The van der Waals surface area contributed by atoms with Crippen LogP contribution in [0.4, 0.5) is 5.13 Å². The highest BCUT2D eigenvalue weighted by atomic mass is 32.1. The van der Waals surface area contributed by atoms with E-state index < -0.39 is 6.10 Å². The van der Waals surface area contributed by atoms with Crippen molar-refractivity contribution in [1.29, 1.82) is 0 Å². The van der Waals surface area contributed by atoms with Crippen molar-refractivity contribution in [2.24, 2.45) is 0 Å². The molecule has 1 aromatic carbocycles. The van der Waals surface area contributed by atoms with Gasteiger partial charge in [-0.25, -0.2) is 9.78 Å². The standard InChI is InChI=1S/C16H20N2O3S/c1-3-4-9-20-15(19)11(2)21-13-7-5-12(6-8-13)14-10-22-16(17)18-14/h5-8,10-11H,3-4,9H2,1-2H3,(H2,17,18). The van der Waals surface area contributed by atoms with Gasteiger partial charge in [0.05, 0.1) is 12.3 Å². The van der Waals surface area contributed by atoms with E-state index >= 15 is 0 Å². The minimum absolute atomic E-state index is 0.343. The highest BCUT2D eigenvalue weighted by Gasteiger charge is 2.16. The van der Waals surface area contributed by atoms with E-state index in [2.05, 4.69) is 4.98 Å². The number of hydrogen-bond acceptors (Lipinski definition) is 6. The molecule has 2 N–H and O–H groups in total. The number of aromatic nitrogens is 1. The van der Waals surface area contributed by atoms with Crippen LogP contribution in [0.1, 0.15) is 26.7 Å². The van der Waals surface area contributed by atoms with Gasteiger partial charge in [0.15, 0.2) is 11.2 Å². The van der Waals surface area contributed by atoms with Gasteiger partial charge >= 0.3 is 5.97 Å². The maximum atomic E-state index is 11.7. The molecule has 1 heterocycles. The summed E-state index contributed by atoms with van der Waals surface area (Å²) in [5, 5.41) is 2.44. The van der Waals surface area contributed by atoms with E-state index in [0.717, 1.165) is 24.1 Å². The minimum Gasteiger partial charge on any atom is -0.479 e. The van der Waals surface area contributed by atoms with E-state index in [9.17, 15) is 4.79 Å². The monoisotopic (exact) mass is 320 g/mol. The maximum absolute atomic E-state index is 11.7. The molecule has 1 unspecified atom stereocenters. The molecular formula is C16H20N2O3S. The third-order valence-corrected chi connectivity index (χ3v) is 3.73. The molecule has 0 saturated carbocycles. The van der Waals surface area contributed by atoms with Crippen LogP contribution in [0, 0.1) is 0 Å². The van der Waals surface area contributed by atoms with Crippen molar-refractivity contribution in [3.05, 3.63) is 29.6 Å². The summed E-state index contributed by atoms with van der Waals surface area (Å²) in [6.45, 7) is 4.17. The second-order valence-corrected chi connectivity index (χ2v) is 5.77. The van der Waals surface area contributed by atoms with Crippen LogP contribution in [-0.2, 0) is 9.53 Å². The number of nitrogen functional groups attached to an aromatic ring is 1. The zero-order valence-corrected chi connectivity index (χ0v) is 13.6. The number of nitrogens with zero attached hydrogens (tertiary/aromatic N) is 1. The topological polar surface area (TPSA) is 74.4 Å². The average Bonchev–Trinajstić information content (AvgIpc) is 2.94.